The number of rotatable bonds is 8. The minimum absolute atomic E-state index is 0.194. The summed E-state index contributed by atoms with van der Waals surface area (Å²) < 4.78 is 42.9. The molecule has 1 aliphatic heterocycles. The number of para-hydroxylation sites is 2. The maximum Gasteiger partial charge on any atom is 0.244 e. The number of benzene rings is 2. The lowest BCUT2D eigenvalue weighted by Gasteiger charge is -2.31. The molecule has 0 bridgehead atoms. The lowest BCUT2D eigenvalue weighted by atomic mass is 10.1. The van der Waals surface area contributed by atoms with Crippen LogP contribution in [0.4, 0.5) is 5.69 Å². The van der Waals surface area contributed by atoms with E-state index in [1.165, 1.54) is 7.11 Å². The van der Waals surface area contributed by atoms with Crippen LogP contribution in [-0.4, -0.2) is 53.0 Å². The summed E-state index contributed by atoms with van der Waals surface area (Å²) in [4.78, 5) is 12.9. The number of hydrogen-bond acceptors (Lipinski definition) is 6. The summed E-state index contributed by atoms with van der Waals surface area (Å²) in [7, 11) is -2.22. The van der Waals surface area contributed by atoms with Gasteiger partial charge in [-0.25, -0.2) is 8.42 Å². The first kappa shape index (κ1) is 21.8. The van der Waals surface area contributed by atoms with Gasteiger partial charge in [-0.1, -0.05) is 25.1 Å². The smallest absolute Gasteiger partial charge is 0.244 e. The van der Waals surface area contributed by atoms with Crippen molar-refractivity contribution >= 4 is 21.6 Å². The largest absolute Gasteiger partial charge is 0.497 e. The summed E-state index contributed by atoms with van der Waals surface area (Å²) >= 11 is 0. The maximum atomic E-state index is 12.9. The van der Waals surface area contributed by atoms with Crippen LogP contribution in [0.15, 0.2) is 48.5 Å². The molecule has 9 heteroatoms. The first-order valence-electron chi connectivity index (χ1n) is 9.63. The number of nitrogens with zero attached hydrogens (tertiary/aromatic N) is 1. The van der Waals surface area contributed by atoms with E-state index in [2.05, 4.69) is 5.32 Å². The monoisotopic (exact) mass is 434 g/mol. The molecular weight excluding hydrogens is 408 g/mol. The predicted molar refractivity (Wildman–Crippen MR) is 114 cm³/mol. The highest BCUT2D eigenvalue weighted by Crippen LogP contribution is 2.31. The molecule has 3 rings (SSSR count). The Morgan fingerprint density at radius 2 is 1.97 bits per heavy atom. The third kappa shape index (κ3) is 4.96. The normalized spacial score (nSPS) is 16.4. The summed E-state index contributed by atoms with van der Waals surface area (Å²) in [6.07, 6.45) is 1.00. The highest BCUT2D eigenvalue weighted by molar-refractivity contribution is 7.92. The molecule has 1 amide bonds. The molecule has 0 fully saturated rings. The molecule has 0 saturated heterocycles. The van der Waals surface area contributed by atoms with Gasteiger partial charge in [-0.3, -0.25) is 9.10 Å². The third-order valence-electron chi connectivity index (χ3n) is 4.71. The van der Waals surface area contributed by atoms with Gasteiger partial charge in [0, 0.05) is 6.07 Å². The molecule has 162 valence electrons. The van der Waals surface area contributed by atoms with Crippen molar-refractivity contribution < 1.29 is 27.4 Å². The highest BCUT2D eigenvalue weighted by atomic mass is 32.2. The third-order valence-corrected chi connectivity index (χ3v) is 5.89. The van der Waals surface area contributed by atoms with E-state index in [1.807, 2.05) is 18.2 Å². The van der Waals surface area contributed by atoms with Crippen molar-refractivity contribution in [2.75, 3.05) is 30.8 Å². The minimum Gasteiger partial charge on any atom is -0.497 e. The number of carbonyl (C=O) groups excluding carboxylic acids is 1. The number of fused-ring (bicyclic) bond motifs is 1. The minimum atomic E-state index is -3.72. The van der Waals surface area contributed by atoms with Gasteiger partial charge in [0.15, 0.2) is 11.5 Å². The molecule has 0 aliphatic carbocycles. The zero-order chi connectivity index (χ0) is 21.7. The van der Waals surface area contributed by atoms with Gasteiger partial charge in [0.1, 0.15) is 24.5 Å². The van der Waals surface area contributed by atoms with Crippen molar-refractivity contribution in [1.82, 2.24) is 5.32 Å². The number of amides is 1. The fraction of sp³-hybridized carbons (Fsp3) is 0.381. The van der Waals surface area contributed by atoms with Crippen LogP contribution >= 0.6 is 0 Å². The maximum absolute atomic E-state index is 12.9. The van der Waals surface area contributed by atoms with Gasteiger partial charge < -0.3 is 19.5 Å². The van der Waals surface area contributed by atoms with Crippen LogP contribution in [0.1, 0.15) is 13.3 Å². The van der Waals surface area contributed by atoms with Crippen LogP contribution in [-0.2, 0) is 14.8 Å². The first-order valence-corrected chi connectivity index (χ1v) is 11.5. The van der Waals surface area contributed by atoms with Gasteiger partial charge in [0.05, 0.1) is 25.6 Å². The predicted octanol–water partition coefficient (Wildman–Crippen LogP) is 2.20. The number of hydrogen-bond donors (Lipinski definition) is 1. The van der Waals surface area contributed by atoms with Crippen molar-refractivity contribution in [3.8, 4) is 17.2 Å². The Hall–Kier alpha value is -2.94. The van der Waals surface area contributed by atoms with Crippen molar-refractivity contribution in [3.63, 3.8) is 0 Å². The summed E-state index contributed by atoms with van der Waals surface area (Å²) in [6.45, 7) is 2.25. The number of carbonyl (C=O) groups is 1. The van der Waals surface area contributed by atoms with Crippen LogP contribution in [0.5, 0.6) is 17.2 Å². The summed E-state index contributed by atoms with van der Waals surface area (Å²) in [5.41, 5.74) is 0.366. The second-order valence-electron chi connectivity index (χ2n) is 6.93. The molecule has 8 nitrogen and oxygen atoms in total. The van der Waals surface area contributed by atoms with E-state index < -0.39 is 22.0 Å². The molecule has 1 heterocycles. The number of ether oxygens (including phenoxy) is 3. The molecule has 1 aliphatic rings. The van der Waals surface area contributed by atoms with Crippen LogP contribution in [0, 0.1) is 0 Å². The number of sulfonamides is 1. The van der Waals surface area contributed by atoms with E-state index >= 15 is 0 Å². The lowest BCUT2D eigenvalue weighted by Crippen LogP contribution is -2.51. The molecule has 2 aromatic carbocycles. The van der Waals surface area contributed by atoms with Crippen LogP contribution < -0.4 is 23.8 Å². The molecule has 2 atom stereocenters. The second-order valence-corrected chi connectivity index (χ2v) is 8.79. The highest BCUT2D eigenvalue weighted by Gasteiger charge is 2.32. The average molecular weight is 435 g/mol. The Kier molecular flexibility index (Phi) is 6.71. The van der Waals surface area contributed by atoms with Gasteiger partial charge in [0.2, 0.25) is 15.9 Å². The quantitative estimate of drug-likeness (QED) is 0.685. The van der Waals surface area contributed by atoms with Crippen molar-refractivity contribution in [2.24, 2.45) is 0 Å². The standard InChI is InChI=1S/C21H26N2O6S/c1-4-18(23(30(3,25)26)15-8-7-9-16(12-15)27-2)21(24)22-13-17-14-28-19-10-5-6-11-20(19)29-17/h5-12,17-18H,4,13-14H2,1-3H3,(H,22,24)/t17-,18-/m1/s1. The van der Waals surface area contributed by atoms with E-state index in [0.717, 1.165) is 10.6 Å². The van der Waals surface area contributed by atoms with Crippen LogP contribution in [0.2, 0.25) is 0 Å². The Morgan fingerprint density at radius 1 is 1.23 bits per heavy atom. The fourth-order valence-corrected chi connectivity index (χ4v) is 4.51. The molecule has 30 heavy (non-hydrogen) atoms. The molecular formula is C21H26N2O6S. The molecule has 0 aromatic heterocycles. The molecule has 0 radical (unpaired) electrons. The van der Waals surface area contributed by atoms with Gasteiger partial charge in [0.25, 0.3) is 0 Å². The second kappa shape index (κ2) is 9.25. The Balaban J connectivity index is 1.73. The van der Waals surface area contributed by atoms with Gasteiger partial charge >= 0.3 is 0 Å². The summed E-state index contributed by atoms with van der Waals surface area (Å²) in [6, 6.07) is 13.0. The molecule has 0 saturated carbocycles. The fourth-order valence-electron chi connectivity index (χ4n) is 3.30. The molecule has 1 N–H and O–H groups in total. The van der Waals surface area contributed by atoms with Gasteiger partial charge in [-0.2, -0.15) is 0 Å². The number of anilines is 1. The molecule has 2 aromatic rings. The first-order chi connectivity index (χ1) is 14.3. The van der Waals surface area contributed by atoms with Crippen molar-refractivity contribution in [3.05, 3.63) is 48.5 Å². The van der Waals surface area contributed by atoms with Crippen molar-refractivity contribution in [1.29, 1.82) is 0 Å². The van der Waals surface area contributed by atoms with Crippen LogP contribution in [0.3, 0.4) is 0 Å². The molecule has 0 unspecified atom stereocenters. The van der Waals surface area contributed by atoms with E-state index in [4.69, 9.17) is 14.2 Å². The van der Waals surface area contributed by atoms with E-state index in [1.54, 1.807) is 37.3 Å². The van der Waals surface area contributed by atoms with Gasteiger partial charge in [-0.05, 0) is 30.7 Å². The SMILES string of the molecule is CC[C@H](C(=O)NC[C@@H]1COc2ccccc2O1)N(c1cccc(OC)c1)S(C)(=O)=O. The average Bonchev–Trinajstić information content (AvgIpc) is 2.74. The Labute approximate surface area is 176 Å². The molecule has 0 spiro atoms. The Bertz CT molecular complexity index is 994. The lowest BCUT2D eigenvalue weighted by molar-refractivity contribution is -0.122. The zero-order valence-corrected chi connectivity index (χ0v) is 18.0. The van der Waals surface area contributed by atoms with Crippen molar-refractivity contribution in [2.45, 2.75) is 25.5 Å². The number of nitrogens with one attached hydrogen (secondary N) is 1. The van der Waals surface area contributed by atoms with Crippen LogP contribution in [0.25, 0.3) is 0 Å². The van der Waals surface area contributed by atoms with Gasteiger partial charge in [-0.15, -0.1) is 0 Å². The Morgan fingerprint density at radius 3 is 2.63 bits per heavy atom. The van der Waals surface area contributed by atoms with E-state index in [-0.39, 0.29) is 12.6 Å². The summed E-state index contributed by atoms with van der Waals surface area (Å²) in [5, 5.41) is 2.80. The summed E-state index contributed by atoms with van der Waals surface area (Å²) in [5.74, 6) is 1.37. The number of methoxy groups -OCH3 is 1. The zero-order valence-electron chi connectivity index (χ0n) is 17.2. The van der Waals surface area contributed by atoms with E-state index in [9.17, 15) is 13.2 Å². The topological polar surface area (TPSA) is 94.2 Å². The van der Waals surface area contributed by atoms with E-state index in [0.29, 0.717) is 36.0 Å².